The average Bonchev–Trinajstić information content (AvgIpc) is 2.84. The van der Waals surface area contributed by atoms with Gasteiger partial charge in [-0.15, -0.1) is 0 Å². The number of carboxylic acids is 1. The van der Waals surface area contributed by atoms with Crippen LogP contribution in [-0.2, 0) is 13.0 Å². The summed E-state index contributed by atoms with van der Waals surface area (Å²) in [5.74, 6) is 0.794. The van der Waals surface area contributed by atoms with Crippen LogP contribution in [-0.4, -0.2) is 21.0 Å². The molecule has 0 radical (unpaired) electrons. The molecule has 2 N–H and O–H groups in total. The van der Waals surface area contributed by atoms with E-state index in [9.17, 15) is 4.79 Å². The van der Waals surface area contributed by atoms with Crippen LogP contribution in [0.4, 0.5) is 5.82 Å². The van der Waals surface area contributed by atoms with Gasteiger partial charge in [0, 0.05) is 6.42 Å². The number of aromatic nitrogens is 2. The molecule has 2 aromatic rings. The number of aromatic carboxylic acids is 1. The lowest BCUT2D eigenvalue weighted by atomic mass is 10.3. The van der Waals surface area contributed by atoms with Crippen molar-refractivity contribution in [2.24, 2.45) is 0 Å². The van der Waals surface area contributed by atoms with Crippen LogP contribution in [0.2, 0.25) is 0 Å². The fraction of sp³-hybridized carbons (Fsp3) is 0.250. The van der Waals surface area contributed by atoms with E-state index in [1.54, 1.807) is 18.3 Å². The first-order valence-electron chi connectivity index (χ1n) is 5.57. The van der Waals surface area contributed by atoms with Crippen molar-refractivity contribution in [3.05, 3.63) is 41.7 Å². The summed E-state index contributed by atoms with van der Waals surface area (Å²) in [5, 5.41) is 11.8. The number of oxazole rings is 1. The third kappa shape index (κ3) is 2.85. The number of rotatable bonds is 5. The number of anilines is 1. The van der Waals surface area contributed by atoms with Gasteiger partial charge in [-0.05, 0) is 12.1 Å². The Hall–Kier alpha value is -2.37. The van der Waals surface area contributed by atoms with E-state index < -0.39 is 5.97 Å². The largest absolute Gasteiger partial charge is 0.477 e. The molecule has 18 heavy (non-hydrogen) atoms. The monoisotopic (exact) mass is 247 g/mol. The molecular formula is C12H13N3O3. The summed E-state index contributed by atoms with van der Waals surface area (Å²) >= 11 is 0. The van der Waals surface area contributed by atoms with Crippen molar-refractivity contribution < 1.29 is 14.3 Å². The first-order valence-corrected chi connectivity index (χ1v) is 5.57. The minimum atomic E-state index is -1.05. The van der Waals surface area contributed by atoms with Crippen molar-refractivity contribution in [3.63, 3.8) is 0 Å². The molecule has 0 atom stereocenters. The number of nitrogens with one attached hydrogen (secondary N) is 1. The van der Waals surface area contributed by atoms with Crippen LogP contribution >= 0.6 is 0 Å². The van der Waals surface area contributed by atoms with Crippen molar-refractivity contribution in [1.82, 2.24) is 9.97 Å². The summed E-state index contributed by atoms with van der Waals surface area (Å²) in [6.07, 6.45) is 2.47. The molecule has 2 rings (SSSR count). The van der Waals surface area contributed by atoms with Crippen LogP contribution in [0, 0.1) is 0 Å². The van der Waals surface area contributed by atoms with Gasteiger partial charge in [-0.2, -0.15) is 0 Å². The lowest BCUT2D eigenvalue weighted by Crippen LogP contribution is -2.05. The van der Waals surface area contributed by atoms with E-state index in [1.165, 1.54) is 6.07 Å². The van der Waals surface area contributed by atoms with Crippen LogP contribution in [0.1, 0.15) is 29.1 Å². The first-order chi connectivity index (χ1) is 8.69. The molecule has 2 aromatic heterocycles. The van der Waals surface area contributed by atoms with Crippen LogP contribution in [0.5, 0.6) is 0 Å². The maximum atomic E-state index is 10.7. The number of aryl methyl sites for hydroxylation is 1. The van der Waals surface area contributed by atoms with Crippen LogP contribution in [0.15, 0.2) is 28.8 Å². The van der Waals surface area contributed by atoms with E-state index in [4.69, 9.17) is 9.52 Å². The molecule has 6 heteroatoms. The minimum Gasteiger partial charge on any atom is -0.477 e. The third-order valence-electron chi connectivity index (χ3n) is 2.34. The Labute approximate surface area is 104 Å². The highest BCUT2D eigenvalue weighted by atomic mass is 16.4. The van der Waals surface area contributed by atoms with E-state index >= 15 is 0 Å². The van der Waals surface area contributed by atoms with Crippen LogP contribution in [0.3, 0.4) is 0 Å². The Morgan fingerprint density at radius 1 is 1.50 bits per heavy atom. The van der Waals surface area contributed by atoms with Gasteiger partial charge in [0.05, 0.1) is 12.7 Å². The molecule has 0 bridgehead atoms. The normalized spacial score (nSPS) is 10.3. The molecule has 0 amide bonds. The van der Waals surface area contributed by atoms with E-state index in [1.807, 2.05) is 6.92 Å². The van der Waals surface area contributed by atoms with Gasteiger partial charge in [0.25, 0.3) is 0 Å². The maximum absolute atomic E-state index is 10.7. The quantitative estimate of drug-likeness (QED) is 0.839. The van der Waals surface area contributed by atoms with Gasteiger partial charge in [-0.3, -0.25) is 0 Å². The van der Waals surface area contributed by atoms with E-state index in [2.05, 4.69) is 15.3 Å². The molecule has 0 spiro atoms. The Bertz CT molecular complexity index is 551. The minimum absolute atomic E-state index is 0.00153. The summed E-state index contributed by atoms with van der Waals surface area (Å²) in [5.41, 5.74) is 0.00153. The van der Waals surface area contributed by atoms with Gasteiger partial charge in [0.2, 0.25) is 5.89 Å². The van der Waals surface area contributed by atoms with Crippen LogP contribution in [0.25, 0.3) is 0 Å². The van der Waals surface area contributed by atoms with Crippen molar-refractivity contribution in [2.75, 3.05) is 5.32 Å². The second kappa shape index (κ2) is 5.31. The highest BCUT2D eigenvalue weighted by molar-refractivity contribution is 5.85. The Kier molecular flexibility index (Phi) is 3.57. The number of hydrogen-bond donors (Lipinski definition) is 2. The zero-order valence-electron chi connectivity index (χ0n) is 9.88. The van der Waals surface area contributed by atoms with Crippen molar-refractivity contribution >= 4 is 11.8 Å². The standard InChI is InChI=1S/C12H13N3O3/c1-2-8-6-14-11(18-8)7-13-10-5-3-4-9(15-10)12(16)17/h3-6H,2,7H2,1H3,(H,13,15)(H,16,17). The predicted molar refractivity (Wildman–Crippen MR) is 64.4 cm³/mol. The highest BCUT2D eigenvalue weighted by Gasteiger charge is 2.06. The van der Waals surface area contributed by atoms with Crippen molar-refractivity contribution in [2.45, 2.75) is 19.9 Å². The SMILES string of the molecule is CCc1cnc(CNc2cccc(C(=O)O)n2)o1. The predicted octanol–water partition coefficient (Wildman–Crippen LogP) is 1.94. The molecule has 0 saturated carbocycles. The summed E-state index contributed by atoms with van der Waals surface area (Å²) in [6, 6.07) is 4.76. The number of hydrogen-bond acceptors (Lipinski definition) is 5. The lowest BCUT2D eigenvalue weighted by Gasteiger charge is -2.03. The Morgan fingerprint density at radius 2 is 2.33 bits per heavy atom. The van der Waals surface area contributed by atoms with E-state index in [0.29, 0.717) is 18.3 Å². The zero-order valence-corrected chi connectivity index (χ0v) is 9.88. The van der Waals surface area contributed by atoms with Gasteiger partial charge in [0.15, 0.2) is 5.69 Å². The number of carboxylic acid groups (broad SMARTS) is 1. The topological polar surface area (TPSA) is 88.2 Å². The summed E-state index contributed by atoms with van der Waals surface area (Å²) in [4.78, 5) is 18.8. The van der Waals surface area contributed by atoms with Gasteiger partial charge in [-0.25, -0.2) is 14.8 Å². The maximum Gasteiger partial charge on any atom is 0.354 e. The fourth-order valence-corrected chi connectivity index (χ4v) is 1.41. The zero-order chi connectivity index (χ0) is 13.0. The van der Waals surface area contributed by atoms with Crippen molar-refractivity contribution in [1.29, 1.82) is 0 Å². The molecule has 0 saturated heterocycles. The molecule has 6 nitrogen and oxygen atoms in total. The highest BCUT2D eigenvalue weighted by Crippen LogP contribution is 2.09. The number of carbonyl (C=O) groups is 1. The second-order valence-corrected chi connectivity index (χ2v) is 3.64. The van der Waals surface area contributed by atoms with Gasteiger partial charge < -0.3 is 14.8 Å². The van der Waals surface area contributed by atoms with Gasteiger partial charge >= 0.3 is 5.97 Å². The first kappa shape index (κ1) is 12.1. The van der Waals surface area contributed by atoms with Crippen molar-refractivity contribution in [3.8, 4) is 0 Å². The summed E-state index contributed by atoms with van der Waals surface area (Å²) < 4.78 is 5.41. The molecule has 94 valence electrons. The molecule has 2 heterocycles. The summed E-state index contributed by atoms with van der Waals surface area (Å²) in [6.45, 7) is 2.35. The summed E-state index contributed by atoms with van der Waals surface area (Å²) in [7, 11) is 0. The molecule has 0 aromatic carbocycles. The molecule has 0 unspecified atom stereocenters. The Morgan fingerprint density at radius 3 is 3.00 bits per heavy atom. The van der Waals surface area contributed by atoms with Gasteiger partial charge in [0.1, 0.15) is 11.6 Å². The molecule has 0 aliphatic rings. The Balaban J connectivity index is 2.01. The smallest absolute Gasteiger partial charge is 0.354 e. The van der Waals surface area contributed by atoms with E-state index in [0.717, 1.165) is 12.2 Å². The third-order valence-corrected chi connectivity index (χ3v) is 2.34. The van der Waals surface area contributed by atoms with Gasteiger partial charge in [-0.1, -0.05) is 13.0 Å². The van der Waals surface area contributed by atoms with E-state index in [-0.39, 0.29) is 5.69 Å². The second-order valence-electron chi connectivity index (χ2n) is 3.64. The fourth-order valence-electron chi connectivity index (χ4n) is 1.41. The van der Waals surface area contributed by atoms with Crippen LogP contribution < -0.4 is 5.32 Å². The molecule has 0 fully saturated rings. The molecule has 0 aliphatic carbocycles. The lowest BCUT2D eigenvalue weighted by molar-refractivity contribution is 0.0690. The average molecular weight is 247 g/mol. The molecular weight excluding hydrogens is 234 g/mol. The molecule has 0 aliphatic heterocycles. The number of pyridine rings is 1. The number of nitrogens with zero attached hydrogens (tertiary/aromatic N) is 2.